The Labute approximate surface area is 509 Å². The van der Waals surface area contributed by atoms with Gasteiger partial charge < -0.3 is 44.3 Å². The monoisotopic (exact) mass is 1230 g/mol. The molecule has 0 radical (unpaired) electrons. The van der Waals surface area contributed by atoms with Gasteiger partial charge in [-0.1, -0.05) is 243 Å². The van der Waals surface area contributed by atoms with E-state index in [1.807, 2.05) is 40.1 Å². The standard InChI is InChI=1S/3C10H16N.C8H15NO2.C7H15NO.C6H14NO4S2.C6H14NO2S.C6H14N/c1-7(2)9-5-10(8(3)4)11-6-9;1-7(2)9-5-6-11-10(9)8(3)4;1-7(2)9-5-6-10(11-9)8(3)4;1-5(2)7(10)9-8(11)6(3)4;1-5(2)7(9)8-6(3)4;1-5(2)12(8,9)7-13(10,11)6(3)4;1-5(2)7-10(8,9)6(3)4;1-5(2)7-6(3)4/h3*5-8H,1-4H3;5-6H,1-4H3,(H,9,10,11);5-6H,1-4H3,(H,8,9);5-6H,1-4H3;5-6H,1-4H3;5-6H,1-4H3/q3*-1;;;3*-1/p-2. The maximum Gasteiger partial charge on any atom is 0.247 e. The second-order valence-corrected chi connectivity index (χ2v) is 31.7. The molecule has 83 heavy (non-hydrogen) atoms. The molecule has 0 N–H and O–H groups in total. The van der Waals surface area contributed by atoms with Crippen molar-refractivity contribution in [1.82, 2.24) is 15.0 Å². The van der Waals surface area contributed by atoms with Gasteiger partial charge in [-0.05, 0) is 73.0 Å². The van der Waals surface area contributed by atoms with Crippen molar-refractivity contribution >= 4 is 47.8 Å². The number of amides is 1. The first-order valence-corrected chi connectivity index (χ1v) is 34.2. The van der Waals surface area contributed by atoms with Crippen LogP contribution in [0.1, 0.15) is 291 Å². The van der Waals surface area contributed by atoms with E-state index in [1.165, 1.54) is 61.6 Å². The molecule has 0 unspecified atom stereocenters. The molecule has 0 saturated carbocycles. The zero-order valence-corrected chi connectivity index (χ0v) is 60.1. The third-order valence-corrected chi connectivity index (χ3v) is 16.7. The van der Waals surface area contributed by atoms with Crippen molar-refractivity contribution in [2.75, 3.05) is 0 Å². The number of hydrogen-bond acceptors (Lipinski definition) is 10. The van der Waals surface area contributed by atoms with Gasteiger partial charge in [0, 0.05) is 27.7 Å². The van der Waals surface area contributed by atoms with E-state index < -0.39 is 45.8 Å². The van der Waals surface area contributed by atoms with Crippen molar-refractivity contribution in [3.05, 3.63) is 84.7 Å². The number of carbonyl (C=O) groups excluding carboxylic acids is 1. The Hall–Kier alpha value is -3.82. The summed E-state index contributed by atoms with van der Waals surface area (Å²) in [7, 11) is -10.9. The van der Waals surface area contributed by atoms with E-state index in [-0.39, 0.29) is 47.5 Å². The number of aliphatic imine (C=N–C) groups is 2. The molecular formula is C63H118N8O9S3-8. The third kappa shape index (κ3) is 44.3. The lowest BCUT2D eigenvalue weighted by molar-refractivity contribution is -0.223. The predicted octanol–water partition coefficient (Wildman–Crippen LogP) is 14.6. The van der Waals surface area contributed by atoms with Crippen molar-refractivity contribution in [2.24, 2.45) is 27.7 Å². The molecule has 20 heteroatoms. The number of sulfonamides is 3. The van der Waals surface area contributed by atoms with Crippen molar-refractivity contribution in [3.63, 3.8) is 0 Å². The molecule has 490 valence electrons. The molecule has 3 heterocycles. The van der Waals surface area contributed by atoms with E-state index >= 15 is 0 Å². The van der Waals surface area contributed by atoms with Crippen LogP contribution in [0.4, 0.5) is 0 Å². The van der Waals surface area contributed by atoms with Gasteiger partial charge in [0.25, 0.3) is 0 Å². The van der Waals surface area contributed by atoms with Crippen LogP contribution in [0.5, 0.6) is 0 Å². The molecule has 17 nitrogen and oxygen atoms in total. The highest BCUT2D eigenvalue weighted by Gasteiger charge is 2.15. The van der Waals surface area contributed by atoms with Crippen molar-refractivity contribution in [3.8, 4) is 0 Å². The largest absolute Gasteiger partial charge is 0.862 e. The molecule has 0 aliphatic heterocycles. The summed E-state index contributed by atoms with van der Waals surface area (Å²) >= 11 is 0. The van der Waals surface area contributed by atoms with Gasteiger partial charge in [0.1, 0.15) is 0 Å². The third-order valence-electron chi connectivity index (χ3n) is 10.8. The van der Waals surface area contributed by atoms with Gasteiger partial charge in [-0.2, -0.15) is 35.2 Å². The van der Waals surface area contributed by atoms with Gasteiger partial charge in [-0.3, -0.25) is 4.79 Å². The van der Waals surface area contributed by atoms with Crippen molar-refractivity contribution in [1.29, 1.82) is 0 Å². The fraction of sp³-hybridized carbons (Fsp3) is 0.762. The van der Waals surface area contributed by atoms with Crippen LogP contribution in [0, 0.1) is 17.8 Å². The van der Waals surface area contributed by atoms with Crippen molar-refractivity contribution in [2.45, 2.75) is 297 Å². The Morgan fingerprint density at radius 1 is 0.458 bits per heavy atom. The summed E-state index contributed by atoms with van der Waals surface area (Å²) in [6.45, 7) is 61.3. The van der Waals surface area contributed by atoms with Crippen LogP contribution in [0.2, 0.25) is 0 Å². The first-order chi connectivity index (χ1) is 37.4. The van der Waals surface area contributed by atoms with Gasteiger partial charge in [-0.25, -0.2) is 30.2 Å². The Balaban J connectivity index is -0.000000281. The molecule has 0 atom stereocenters. The normalized spacial score (nSPS) is 12.4. The average molecular weight is 1230 g/mol. The number of aromatic nitrogens is 3. The van der Waals surface area contributed by atoms with E-state index in [0.29, 0.717) is 47.6 Å². The predicted molar refractivity (Wildman–Crippen MR) is 351 cm³/mol. The highest BCUT2D eigenvalue weighted by molar-refractivity contribution is 8.12. The Bertz CT molecular complexity index is 2380. The summed E-state index contributed by atoms with van der Waals surface area (Å²) in [4.78, 5) is 31.3. The van der Waals surface area contributed by atoms with E-state index in [4.69, 9.17) is 0 Å². The molecule has 0 aliphatic carbocycles. The van der Waals surface area contributed by atoms with E-state index in [2.05, 4.69) is 174 Å². The van der Waals surface area contributed by atoms with E-state index in [0.717, 1.165) is 0 Å². The molecule has 0 fully saturated rings. The summed E-state index contributed by atoms with van der Waals surface area (Å²) in [5.41, 5.74) is 7.67. The summed E-state index contributed by atoms with van der Waals surface area (Å²) in [6, 6.07) is 9.59. The van der Waals surface area contributed by atoms with Gasteiger partial charge in [0.15, 0.2) is 0 Å². The Kier molecular flexibility index (Phi) is 46.4. The van der Waals surface area contributed by atoms with Crippen LogP contribution >= 0.6 is 0 Å². The van der Waals surface area contributed by atoms with Crippen LogP contribution in [0.25, 0.3) is 14.2 Å². The van der Waals surface area contributed by atoms with Crippen LogP contribution in [0.15, 0.2) is 46.6 Å². The van der Waals surface area contributed by atoms with Crippen molar-refractivity contribution < 1.29 is 40.3 Å². The smallest absolute Gasteiger partial charge is 0.247 e. The first kappa shape index (κ1) is 87.9. The highest BCUT2D eigenvalue weighted by Crippen LogP contribution is 2.24. The fourth-order valence-corrected chi connectivity index (χ4v) is 8.86. The number of rotatable bonds is 19. The highest BCUT2D eigenvalue weighted by atomic mass is 32.3. The maximum absolute atomic E-state index is 11.1. The summed E-state index contributed by atoms with van der Waals surface area (Å²) in [6.07, 6.45) is 3.89. The number of nitrogens with zero attached hydrogens (tertiary/aromatic N) is 8. The van der Waals surface area contributed by atoms with Crippen LogP contribution in [-0.4, -0.2) is 82.9 Å². The second kappa shape index (κ2) is 43.7. The van der Waals surface area contributed by atoms with Crippen LogP contribution in [-0.2, 0) is 34.9 Å². The summed E-state index contributed by atoms with van der Waals surface area (Å²) < 4.78 is 72.8. The van der Waals surface area contributed by atoms with Gasteiger partial charge in [-0.15, -0.1) is 18.1 Å². The zero-order valence-electron chi connectivity index (χ0n) is 57.7. The maximum atomic E-state index is 11.1. The number of carbonyl (C=O) groups is 1. The lowest BCUT2D eigenvalue weighted by atomic mass is 9.98. The summed E-state index contributed by atoms with van der Waals surface area (Å²) in [5.74, 6) is 2.47. The molecule has 3 aromatic rings. The lowest BCUT2D eigenvalue weighted by Gasteiger charge is -2.28. The Morgan fingerprint density at radius 2 is 0.855 bits per heavy atom. The molecule has 3 rings (SSSR count). The topological polar surface area (TPSA) is 275 Å². The Morgan fingerprint density at radius 3 is 1.05 bits per heavy atom. The van der Waals surface area contributed by atoms with Gasteiger partial charge in [0.2, 0.25) is 5.91 Å². The van der Waals surface area contributed by atoms with Gasteiger partial charge in [0.05, 0.1) is 30.1 Å². The molecule has 0 bridgehead atoms. The molecule has 0 spiro atoms. The molecule has 0 aromatic carbocycles. The minimum atomic E-state index is -3.86. The summed E-state index contributed by atoms with van der Waals surface area (Å²) in [5, 5.41) is 23.9. The van der Waals surface area contributed by atoms with E-state index in [9.17, 15) is 40.3 Å². The minimum Gasteiger partial charge on any atom is -0.862 e. The molecule has 0 saturated heterocycles. The number of hydrogen-bond donors (Lipinski definition) is 0. The SMILES string of the molecule is CC(C)C(=O)N=C([O-])C(C)C.CC(C)N=C([O-])C(C)C.CC(C)S(=O)(=O)[N-]S(=O)(=O)C(C)C.CC(C)[N-]C(C)C.CC(C)[N-]S(=O)(=O)C(C)C.CC(C)c1c[n-]c(C(C)C)c1.CC(C)c1cc[n-]c1C(C)C.CC(C)c1ccc(C(C)C)[n-]1. The zero-order chi connectivity index (χ0) is 66.8. The fourth-order valence-electron chi connectivity index (χ4n) is 5.49. The van der Waals surface area contributed by atoms with Crippen LogP contribution in [0.3, 0.4) is 0 Å². The lowest BCUT2D eigenvalue weighted by Crippen LogP contribution is -2.26. The molecule has 1 amide bonds. The molecule has 3 aromatic heterocycles. The van der Waals surface area contributed by atoms with Crippen LogP contribution < -0.4 is 25.2 Å². The molecule has 0 aliphatic rings. The van der Waals surface area contributed by atoms with Gasteiger partial charge >= 0.3 is 0 Å². The first-order valence-electron chi connectivity index (χ1n) is 29.7. The quantitative estimate of drug-likeness (QED) is 0.0800. The molecular weight excluding hydrogens is 1110 g/mol. The van der Waals surface area contributed by atoms with E-state index in [1.54, 1.807) is 55.4 Å². The second-order valence-electron chi connectivity index (χ2n) is 25.0. The minimum absolute atomic E-state index is 0.00463. The average Bonchev–Trinajstić information content (AvgIpc) is 4.12.